The van der Waals surface area contributed by atoms with Crippen molar-refractivity contribution in [1.82, 2.24) is 4.90 Å². The molecule has 0 saturated heterocycles. The molecule has 1 aliphatic rings. The van der Waals surface area contributed by atoms with E-state index < -0.39 is 0 Å². The van der Waals surface area contributed by atoms with E-state index >= 15 is 0 Å². The standard InChI is InChI=1S/C18H26N2O4/c1-3-20(4-2)17(21)12-23-16-11-13(9-10-15(16)19)18(22)24-14-7-5-6-8-14/h9-11,14H,3-8,12,19H2,1-2H3. The molecule has 1 saturated carbocycles. The van der Waals surface area contributed by atoms with Gasteiger partial charge in [0.1, 0.15) is 11.9 Å². The number of likely N-dealkylation sites (N-methyl/N-ethyl adjacent to an activating group) is 1. The lowest BCUT2D eigenvalue weighted by molar-refractivity contribution is -0.132. The Morgan fingerprint density at radius 2 is 1.88 bits per heavy atom. The van der Waals surface area contributed by atoms with Gasteiger partial charge in [-0.3, -0.25) is 4.79 Å². The molecule has 132 valence electrons. The normalized spacial score (nSPS) is 14.4. The molecule has 6 nitrogen and oxygen atoms in total. The number of benzene rings is 1. The molecule has 1 fully saturated rings. The van der Waals surface area contributed by atoms with Gasteiger partial charge in [0.2, 0.25) is 0 Å². The van der Waals surface area contributed by atoms with Crippen LogP contribution in [0.5, 0.6) is 5.75 Å². The monoisotopic (exact) mass is 334 g/mol. The summed E-state index contributed by atoms with van der Waals surface area (Å²) in [4.78, 5) is 25.9. The number of nitrogen functional groups attached to an aromatic ring is 1. The Kier molecular flexibility index (Phi) is 6.46. The molecule has 0 aromatic heterocycles. The van der Waals surface area contributed by atoms with E-state index in [9.17, 15) is 9.59 Å². The van der Waals surface area contributed by atoms with Gasteiger partial charge in [-0.05, 0) is 57.7 Å². The number of anilines is 1. The van der Waals surface area contributed by atoms with Crippen molar-refractivity contribution in [2.75, 3.05) is 25.4 Å². The average molecular weight is 334 g/mol. The van der Waals surface area contributed by atoms with Crippen LogP contribution in [0.2, 0.25) is 0 Å². The number of esters is 1. The first-order chi connectivity index (χ1) is 11.5. The van der Waals surface area contributed by atoms with Crippen LogP contribution in [0.3, 0.4) is 0 Å². The minimum Gasteiger partial charge on any atom is -0.482 e. The molecule has 0 unspecified atom stereocenters. The Labute approximate surface area is 142 Å². The zero-order valence-corrected chi connectivity index (χ0v) is 14.4. The molecule has 0 spiro atoms. The van der Waals surface area contributed by atoms with Crippen LogP contribution in [0, 0.1) is 0 Å². The molecule has 24 heavy (non-hydrogen) atoms. The molecule has 1 amide bonds. The van der Waals surface area contributed by atoms with E-state index in [0.29, 0.717) is 30.1 Å². The van der Waals surface area contributed by atoms with Crippen molar-refractivity contribution in [1.29, 1.82) is 0 Å². The zero-order chi connectivity index (χ0) is 17.5. The number of ether oxygens (including phenoxy) is 2. The van der Waals surface area contributed by atoms with Crippen molar-refractivity contribution in [3.8, 4) is 5.75 Å². The first-order valence-electron chi connectivity index (χ1n) is 8.56. The first kappa shape index (κ1) is 18.1. The SMILES string of the molecule is CCN(CC)C(=O)COc1cc(C(=O)OC2CCCC2)ccc1N. The lowest BCUT2D eigenvalue weighted by Crippen LogP contribution is -2.34. The second-order valence-electron chi connectivity index (χ2n) is 5.92. The number of carbonyl (C=O) groups excluding carboxylic acids is 2. The first-order valence-corrected chi connectivity index (χ1v) is 8.56. The lowest BCUT2D eigenvalue weighted by atomic mass is 10.2. The predicted octanol–water partition coefficient (Wildman–Crippen LogP) is 2.62. The number of hydrogen-bond donors (Lipinski definition) is 1. The van der Waals surface area contributed by atoms with Gasteiger partial charge in [-0.1, -0.05) is 0 Å². The van der Waals surface area contributed by atoms with Crippen molar-refractivity contribution >= 4 is 17.6 Å². The number of nitrogens with two attached hydrogens (primary N) is 1. The van der Waals surface area contributed by atoms with E-state index in [1.54, 1.807) is 23.1 Å². The zero-order valence-electron chi connectivity index (χ0n) is 14.4. The van der Waals surface area contributed by atoms with Gasteiger partial charge < -0.3 is 20.1 Å². The number of hydrogen-bond acceptors (Lipinski definition) is 5. The van der Waals surface area contributed by atoms with E-state index in [-0.39, 0.29) is 24.6 Å². The highest BCUT2D eigenvalue weighted by Gasteiger charge is 2.21. The summed E-state index contributed by atoms with van der Waals surface area (Å²) >= 11 is 0. The maximum atomic E-state index is 12.2. The van der Waals surface area contributed by atoms with Gasteiger partial charge in [0.05, 0.1) is 11.3 Å². The van der Waals surface area contributed by atoms with Crippen LogP contribution in [-0.2, 0) is 9.53 Å². The van der Waals surface area contributed by atoms with Crippen LogP contribution in [0.25, 0.3) is 0 Å². The van der Waals surface area contributed by atoms with Crippen molar-refractivity contribution in [3.05, 3.63) is 23.8 Å². The van der Waals surface area contributed by atoms with E-state index in [1.165, 1.54) is 0 Å². The topological polar surface area (TPSA) is 81.9 Å². The summed E-state index contributed by atoms with van der Waals surface area (Å²) in [5.41, 5.74) is 6.66. The van der Waals surface area contributed by atoms with Crippen molar-refractivity contribution in [2.45, 2.75) is 45.6 Å². The summed E-state index contributed by atoms with van der Waals surface area (Å²) in [6, 6.07) is 4.76. The summed E-state index contributed by atoms with van der Waals surface area (Å²) in [6.07, 6.45) is 4.04. The van der Waals surface area contributed by atoms with Gasteiger partial charge in [-0.25, -0.2) is 4.79 Å². The molecule has 0 bridgehead atoms. The average Bonchev–Trinajstić information content (AvgIpc) is 3.08. The van der Waals surface area contributed by atoms with E-state index in [2.05, 4.69) is 0 Å². The molecular weight excluding hydrogens is 308 g/mol. The maximum absolute atomic E-state index is 12.2. The Balaban J connectivity index is 1.99. The molecule has 0 atom stereocenters. The Morgan fingerprint density at radius 3 is 2.50 bits per heavy atom. The Bertz CT molecular complexity index is 578. The van der Waals surface area contributed by atoms with Gasteiger partial charge in [-0.2, -0.15) is 0 Å². The van der Waals surface area contributed by atoms with Crippen LogP contribution >= 0.6 is 0 Å². The van der Waals surface area contributed by atoms with Crippen LogP contribution in [-0.4, -0.2) is 42.6 Å². The lowest BCUT2D eigenvalue weighted by Gasteiger charge is -2.19. The molecule has 1 aromatic rings. The fourth-order valence-corrected chi connectivity index (χ4v) is 2.82. The largest absolute Gasteiger partial charge is 0.482 e. The summed E-state index contributed by atoms with van der Waals surface area (Å²) in [7, 11) is 0. The molecule has 2 rings (SSSR count). The molecule has 0 aliphatic heterocycles. The van der Waals surface area contributed by atoms with Crippen LogP contribution in [0.15, 0.2) is 18.2 Å². The highest BCUT2D eigenvalue weighted by atomic mass is 16.5. The minimum atomic E-state index is -0.373. The third-order valence-corrected chi connectivity index (χ3v) is 4.29. The number of amides is 1. The van der Waals surface area contributed by atoms with Crippen molar-refractivity contribution in [2.24, 2.45) is 0 Å². The van der Waals surface area contributed by atoms with E-state index in [4.69, 9.17) is 15.2 Å². The van der Waals surface area contributed by atoms with Crippen LogP contribution in [0.4, 0.5) is 5.69 Å². The Morgan fingerprint density at radius 1 is 1.21 bits per heavy atom. The van der Waals surface area contributed by atoms with Gasteiger partial charge in [0, 0.05) is 13.1 Å². The fourth-order valence-electron chi connectivity index (χ4n) is 2.82. The summed E-state index contributed by atoms with van der Waals surface area (Å²) in [5, 5.41) is 0. The highest BCUT2D eigenvalue weighted by Crippen LogP contribution is 2.26. The molecular formula is C18H26N2O4. The van der Waals surface area contributed by atoms with Gasteiger partial charge in [0.15, 0.2) is 6.61 Å². The van der Waals surface area contributed by atoms with E-state index in [1.807, 2.05) is 13.8 Å². The number of rotatable bonds is 7. The fraction of sp³-hybridized carbons (Fsp3) is 0.556. The summed E-state index contributed by atoms with van der Waals surface area (Å²) < 4.78 is 11.0. The predicted molar refractivity (Wildman–Crippen MR) is 91.9 cm³/mol. The van der Waals surface area contributed by atoms with Crippen LogP contribution < -0.4 is 10.5 Å². The van der Waals surface area contributed by atoms with Gasteiger partial charge in [-0.15, -0.1) is 0 Å². The third-order valence-electron chi connectivity index (χ3n) is 4.29. The number of nitrogens with zero attached hydrogens (tertiary/aromatic N) is 1. The molecule has 0 radical (unpaired) electrons. The molecule has 2 N–H and O–H groups in total. The Hall–Kier alpha value is -2.24. The molecule has 0 heterocycles. The van der Waals surface area contributed by atoms with Gasteiger partial charge in [0.25, 0.3) is 5.91 Å². The molecule has 1 aliphatic carbocycles. The van der Waals surface area contributed by atoms with Gasteiger partial charge >= 0.3 is 5.97 Å². The maximum Gasteiger partial charge on any atom is 0.338 e. The van der Waals surface area contributed by atoms with Crippen molar-refractivity contribution < 1.29 is 19.1 Å². The molecule has 6 heteroatoms. The third kappa shape index (κ3) is 4.63. The van der Waals surface area contributed by atoms with E-state index in [0.717, 1.165) is 25.7 Å². The summed E-state index contributed by atoms with van der Waals surface area (Å²) in [5.74, 6) is -0.156. The quantitative estimate of drug-likeness (QED) is 0.612. The van der Waals surface area contributed by atoms with Crippen LogP contribution in [0.1, 0.15) is 49.9 Å². The minimum absolute atomic E-state index is 0.00339. The smallest absolute Gasteiger partial charge is 0.338 e. The second-order valence-corrected chi connectivity index (χ2v) is 5.92. The summed E-state index contributed by atoms with van der Waals surface area (Å²) in [6.45, 7) is 4.97. The number of carbonyl (C=O) groups is 2. The molecule has 1 aromatic carbocycles. The highest BCUT2D eigenvalue weighted by molar-refractivity contribution is 5.91. The second kappa shape index (κ2) is 8.57. The van der Waals surface area contributed by atoms with Crippen molar-refractivity contribution in [3.63, 3.8) is 0 Å².